The fraction of sp³-hybridized carbons (Fsp3) is 0.316. The van der Waals surface area contributed by atoms with Crippen molar-refractivity contribution in [2.45, 2.75) is 31.0 Å². The van der Waals surface area contributed by atoms with Crippen molar-refractivity contribution < 1.29 is 26.7 Å². The van der Waals surface area contributed by atoms with Crippen LogP contribution in [-0.4, -0.2) is 44.5 Å². The van der Waals surface area contributed by atoms with Crippen LogP contribution in [0.25, 0.3) is 0 Å². The van der Waals surface area contributed by atoms with Crippen molar-refractivity contribution in [2.75, 3.05) is 17.8 Å². The standard InChI is InChI=1S/C19H20F2N2O4S/c1-12-10-23(11-13(2)27-12)19(24)15-5-3-4-6-17(15)22-28(25,26)18-8-7-14(20)9-16(18)21/h3-9,12-13,22H,10-11H2,1-2H3. The highest BCUT2D eigenvalue weighted by Gasteiger charge is 2.29. The van der Waals surface area contributed by atoms with Crippen molar-refractivity contribution >= 4 is 21.6 Å². The SMILES string of the molecule is CC1CN(C(=O)c2ccccc2NS(=O)(=O)c2ccc(F)cc2F)CC(C)O1. The summed E-state index contributed by atoms with van der Waals surface area (Å²) in [4.78, 5) is 13.8. The number of carbonyl (C=O) groups is 1. The van der Waals surface area contributed by atoms with Crippen LogP contribution in [0.5, 0.6) is 0 Å². The molecule has 3 rings (SSSR count). The Morgan fingerprint density at radius 2 is 1.75 bits per heavy atom. The number of sulfonamides is 1. The summed E-state index contributed by atoms with van der Waals surface area (Å²) in [6.45, 7) is 4.44. The molecule has 9 heteroatoms. The molecule has 6 nitrogen and oxygen atoms in total. The fourth-order valence-electron chi connectivity index (χ4n) is 3.17. The number of hydrogen-bond donors (Lipinski definition) is 1. The number of benzene rings is 2. The molecule has 1 saturated heterocycles. The number of nitrogens with zero attached hydrogens (tertiary/aromatic N) is 1. The minimum atomic E-state index is -4.36. The van der Waals surface area contributed by atoms with Gasteiger partial charge in [-0.25, -0.2) is 17.2 Å². The summed E-state index contributed by atoms with van der Waals surface area (Å²) in [5, 5.41) is 0. The predicted molar refractivity (Wildman–Crippen MR) is 99.5 cm³/mol. The third-order valence-corrected chi connectivity index (χ3v) is 5.69. The lowest BCUT2D eigenvalue weighted by atomic mass is 10.1. The zero-order valence-electron chi connectivity index (χ0n) is 15.4. The first-order valence-electron chi connectivity index (χ1n) is 8.69. The molecular formula is C19H20F2N2O4S. The van der Waals surface area contributed by atoms with E-state index in [1.165, 1.54) is 12.1 Å². The first-order chi connectivity index (χ1) is 13.2. The molecule has 0 spiro atoms. The Hall–Kier alpha value is -2.52. The number of hydrogen-bond acceptors (Lipinski definition) is 4. The molecule has 1 heterocycles. The Morgan fingerprint density at radius 1 is 1.11 bits per heavy atom. The van der Waals surface area contributed by atoms with Crippen LogP contribution in [0.2, 0.25) is 0 Å². The highest BCUT2D eigenvalue weighted by atomic mass is 32.2. The molecule has 1 aliphatic heterocycles. The molecule has 2 atom stereocenters. The second kappa shape index (κ2) is 7.84. The largest absolute Gasteiger partial charge is 0.372 e. The molecule has 0 aromatic heterocycles. The number of carbonyl (C=O) groups excluding carboxylic acids is 1. The fourth-order valence-corrected chi connectivity index (χ4v) is 4.31. The average Bonchev–Trinajstić information content (AvgIpc) is 2.60. The molecule has 1 fully saturated rings. The maximum absolute atomic E-state index is 13.9. The summed E-state index contributed by atoms with van der Waals surface area (Å²) in [5.41, 5.74) is 0.151. The number of amides is 1. The van der Waals surface area contributed by atoms with Gasteiger partial charge >= 0.3 is 0 Å². The second-order valence-electron chi connectivity index (χ2n) is 6.69. The van der Waals surface area contributed by atoms with Crippen LogP contribution in [0.3, 0.4) is 0 Å². The molecule has 1 amide bonds. The lowest BCUT2D eigenvalue weighted by Gasteiger charge is -2.35. The number of para-hydroxylation sites is 1. The van der Waals surface area contributed by atoms with Gasteiger partial charge in [0.1, 0.15) is 16.5 Å². The van der Waals surface area contributed by atoms with Gasteiger partial charge in [-0.15, -0.1) is 0 Å². The molecule has 28 heavy (non-hydrogen) atoms. The molecule has 1 aliphatic rings. The number of halogens is 2. The van der Waals surface area contributed by atoms with Crippen LogP contribution in [0.4, 0.5) is 14.5 Å². The van der Waals surface area contributed by atoms with E-state index in [4.69, 9.17) is 4.74 Å². The van der Waals surface area contributed by atoms with Gasteiger partial charge in [-0.05, 0) is 38.1 Å². The topological polar surface area (TPSA) is 75.7 Å². The Bertz CT molecular complexity index is 987. The predicted octanol–water partition coefficient (Wildman–Crippen LogP) is 3.02. The van der Waals surface area contributed by atoms with E-state index in [1.54, 1.807) is 17.0 Å². The molecule has 0 saturated carbocycles. The van der Waals surface area contributed by atoms with Gasteiger partial charge in [0.05, 0.1) is 23.5 Å². The monoisotopic (exact) mass is 410 g/mol. The van der Waals surface area contributed by atoms with E-state index in [-0.39, 0.29) is 29.4 Å². The van der Waals surface area contributed by atoms with E-state index in [2.05, 4.69) is 4.72 Å². The lowest BCUT2D eigenvalue weighted by Crippen LogP contribution is -2.48. The molecule has 2 unspecified atom stereocenters. The Morgan fingerprint density at radius 3 is 2.39 bits per heavy atom. The van der Waals surface area contributed by atoms with E-state index in [9.17, 15) is 22.0 Å². The van der Waals surface area contributed by atoms with Gasteiger partial charge in [0.25, 0.3) is 15.9 Å². The van der Waals surface area contributed by atoms with Crippen molar-refractivity contribution in [1.82, 2.24) is 4.90 Å². The first kappa shape index (κ1) is 20.2. The van der Waals surface area contributed by atoms with E-state index < -0.39 is 26.6 Å². The van der Waals surface area contributed by atoms with Crippen molar-refractivity contribution in [2.24, 2.45) is 0 Å². The smallest absolute Gasteiger partial charge is 0.264 e. The Balaban J connectivity index is 1.91. The molecule has 2 aromatic rings. The zero-order chi connectivity index (χ0) is 20.5. The zero-order valence-corrected chi connectivity index (χ0v) is 16.2. The van der Waals surface area contributed by atoms with E-state index >= 15 is 0 Å². The molecule has 0 radical (unpaired) electrons. The highest BCUT2D eigenvalue weighted by molar-refractivity contribution is 7.92. The van der Waals surface area contributed by atoms with Crippen molar-refractivity contribution in [3.63, 3.8) is 0 Å². The second-order valence-corrected chi connectivity index (χ2v) is 8.34. The molecule has 2 aromatic carbocycles. The van der Waals surface area contributed by atoms with Gasteiger partial charge < -0.3 is 9.64 Å². The van der Waals surface area contributed by atoms with Crippen LogP contribution in [0.1, 0.15) is 24.2 Å². The first-order valence-corrected chi connectivity index (χ1v) is 10.2. The Kier molecular flexibility index (Phi) is 5.66. The minimum Gasteiger partial charge on any atom is -0.372 e. The molecule has 150 valence electrons. The van der Waals surface area contributed by atoms with Gasteiger partial charge in [-0.2, -0.15) is 0 Å². The highest BCUT2D eigenvalue weighted by Crippen LogP contribution is 2.24. The number of rotatable bonds is 4. The van der Waals surface area contributed by atoms with Gasteiger partial charge in [0, 0.05) is 19.2 Å². The third-order valence-electron chi connectivity index (χ3n) is 4.29. The van der Waals surface area contributed by atoms with Crippen molar-refractivity contribution in [3.8, 4) is 0 Å². The van der Waals surface area contributed by atoms with Crippen molar-refractivity contribution in [1.29, 1.82) is 0 Å². The summed E-state index contributed by atoms with van der Waals surface area (Å²) < 4.78 is 60.0. The summed E-state index contributed by atoms with van der Waals surface area (Å²) in [6.07, 6.45) is -0.297. The number of anilines is 1. The summed E-state index contributed by atoms with van der Waals surface area (Å²) in [5.74, 6) is -2.46. The quantitative estimate of drug-likeness (QED) is 0.841. The summed E-state index contributed by atoms with van der Waals surface area (Å²) in [7, 11) is -4.36. The molecule has 1 N–H and O–H groups in total. The number of ether oxygens (including phenoxy) is 1. The maximum atomic E-state index is 13.9. The van der Waals surface area contributed by atoms with Gasteiger partial charge in [-0.3, -0.25) is 9.52 Å². The third kappa shape index (κ3) is 4.31. The average molecular weight is 410 g/mol. The van der Waals surface area contributed by atoms with Crippen LogP contribution < -0.4 is 4.72 Å². The van der Waals surface area contributed by atoms with E-state index in [0.29, 0.717) is 19.2 Å². The van der Waals surface area contributed by atoms with Crippen LogP contribution in [-0.2, 0) is 14.8 Å². The summed E-state index contributed by atoms with van der Waals surface area (Å²) in [6, 6.07) is 8.25. The maximum Gasteiger partial charge on any atom is 0.264 e. The number of nitrogens with one attached hydrogen (secondary N) is 1. The van der Waals surface area contributed by atoms with E-state index in [1.807, 2.05) is 13.8 Å². The van der Waals surface area contributed by atoms with Crippen LogP contribution >= 0.6 is 0 Å². The van der Waals surface area contributed by atoms with E-state index in [0.717, 1.165) is 12.1 Å². The van der Waals surface area contributed by atoms with Crippen LogP contribution in [0, 0.1) is 11.6 Å². The van der Waals surface area contributed by atoms with Crippen LogP contribution in [0.15, 0.2) is 47.4 Å². The summed E-state index contributed by atoms with van der Waals surface area (Å²) >= 11 is 0. The Labute approximate surface area is 162 Å². The molecule has 0 aliphatic carbocycles. The minimum absolute atomic E-state index is 0.0167. The van der Waals surface area contributed by atoms with Gasteiger partial charge in [0.2, 0.25) is 0 Å². The van der Waals surface area contributed by atoms with Gasteiger partial charge in [-0.1, -0.05) is 12.1 Å². The number of morpholine rings is 1. The normalized spacial score (nSPS) is 20.1. The van der Waals surface area contributed by atoms with Crippen molar-refractivity contribution in [3.05, 3.63) is 59.7 Å². The van der Waals surface area contributed by atoms with Gasteiger partial charge in [0.15, 0.2) is 0 Å². The lowest BCUT2D eigenvalue weighted by molar-refractivity contribution is -0.0585. The molecule has 0 bridgehead atoms. The molecular weight excluding hydrogens is 390 g/mol.